The number of carbonyl (C=O) groups excluding carboxylic acids is 1. The highest BCUT2D eigenvalue weighted by atomic mass is 19.3. The Hall–Kier alpha value is -3.78. The van der Waals surface area contributed by atoms with E-state index in [1.165, 1.54) is 6.07 Å². The van der Waals surface area contributed by atoms with Crippen molar-refractivity contribution in [3.8, 4) is 16.9 Å². The van der Waals surface area contributed by atoms with Gasteiger partial charge in [-0.1, -0.05) is 36.4 Å². The van der Waals surface area contributed by atoms with Gasteiger partial charge < -0.3 is 20.4 Å². The van der Waals surface area contributed by atoms with Crippen LogP contribution in [-0.4, -0.2) is 22.1 Å². The van der Waals surface area contributed by atoms with E-state index in [4.69, 9.17) is 15.5 Å². The van der Waals surface area contributed by atoms with Gasteiger partial charge in [0.2, 0.25) is 0 Å². The van der Waals surface area contributed by atoms with E-state index in [-0.39, 0.29) is 23.7 Å². The molecule has 3 heterocycles. The number of benzene rings is 3. The van der Waals surface area contributed by atoms with E-state index < -0.39 is 12.2 Å². The van der Waals surface area contributed by atoms with Crippen molar-refractivity contribution >= 4 is 16.9 Å². The molecule has 8 heteroatoms. The molecule has 2 bridgehead atoms. The second-order valence-corrected chi connectivity index (χ2v) is 9.72. The maximum absolute atomic E-state index is 13.2. The SMILES string of the molecule is CC(C)(N)c1ccc(-c2ccc3nc4n(c3c2)C2C[C@H]4NC(=O)c3cccc(OC(F)F)c32)cc1. The van der Waals surface area contributed by atoms with Crippen LogP contribution < -0.4 is 15.8 Å². The van der Waals surface area contributed by atoms with Crippen LogP contribution in [0.4, 0.5) is 8.78 Å². The van der Waals surface area contributed by atoms with Crippen molar-refractivity contribution in [1.82, 2.24) is 14.9 Å². The predicted octanol–water partition coefficient (Wildman–Crippen LogP) is 5.28. The Kier molecular flexibility index (Phi) is 4.73. The maximum Gasteiger partial charge on any atom is 0.387 e. The Morgan fingerprint density at radius 2 is 1.86 bits per heavy atom. The molecule has 178 valence electrons. The van der Waals surface area contributed by atoms with E-state index in [1.54, 1.807) is 12.1 Å². The molecule has 0 saturated carbocycles. The van der Waals surface area contributed by atoms with E-state index in [9.17, 15) is 13.6 Å². The van der Waals surface area contributed by atoms with E-state index in [2.05, 4.69) is 16.0 Å². The summed E-state index contributed by atoms with van der Waals surface area (Å²) in [5.41, 5.74) is 11.3. The summed E-state index contributed by atoms with van der Waals surface area (Å²) in [6.07, 6.45) is 0.519. The van der Waals surface area contributed by atoms with E-state index >= 15 is 0 Å². The summed E-state index contributed by atoms with van der Waals surface area (Å²) in [5.74, 6) is 0.423. The molecular formula is C27H24F2N4O2. The quantitative estimate of drug-likeness (QED) is 0.422. The van der Waals surface area contributed by atoms with Crippen LogP contribution in [0.5, 0.6) is 5.75 Å². The van der Waals surface area contributed by atoms with Crippen molar-refractivity contribution in [3.05, 3.63) is 83.2 Å². The number of nitrogens with one attached hydrogen (secondary N) is 1. The molecule has 3 N–H and O–H groups in total. The lowest BCUT2D eigenvalue weighted by Crippen LogP contribution is -2.28. The van der Waals surface area contributed by atoms with Gasteiger partial charge in [-0.15, -0.1) is 0 Å². The molecule has 0 spiro atoms. The van der Waals surface area contributed by atoms with Crippen molar-refractivity contribution < 1.29 is 18.3 Å². The first-order valence-electron chi connectivity index (χ1n) is 11.5. The molecule has 1 amide bonds. The number of ether oxygens (including phenoxy) is 1. The third-order valence-electron chi connectivity index (χ3n) is 6.93. The Morgan fingerprint density at radius 3 is 2.57 bits per heavy atom. The van der Waals surface area contributed by atoms with Crippen molar-refractivity contribution in [2.45, 2.75) is 44.5 Å². The van der Waals surface area contributed by atoms with E-state index in [0.717, 1.165) is 27.7 Å². The van der Waals surface area contributed by atoms with Gasteiger partial charge in [0.1, 0.15) is 11.6 Å². The Balaban J connectivity index is 1.50. The molecule has 35 heavy (non-hydrogen) atoms. The highest BCUT2D eigenvalue weighted by Crippen LogP contribution is 2.47. The van der Waals surface area contributed by atoms with Gasteiger partial charge in [-0.3, -0.25) is 4.79 Å². The average molecular weight is 475 g/mol. The molecule has 3 aromatic carbocycles. The number of aromatic nitrogens is 2. The summed E-state index contributed by atoms with van der Waals surface area (Å²) < 4.78 is 33.3. The first-order valence-corrected chi connectivity index (χ1v) is 11.5. The van der Waals surface area contributed by atoms with Crippen molar-refractivity contribution in [3.63, 3.8) is 0 Å². The summed E-state index contributed by atoms with van der Waals surface area (Å²) in [6, 6.07) is 18.2. The third-order valence-corrected chi connectivity index (χ3v) is 6.93. The minimum absolute atomic E-state index is 0.0177. The molecular weight excluding hydrogens is 450 g/mol. The summed E-state index contributed by atoms with van der Waals surface area (Å²) >= 11 is 0. The molecule has 2 aliphatic rings. The minimum Gasteiger partial charge on any atom is -0.434 e. The molecule has 0 aliphatic carbocycles. The van der Waals surface area contributed by atoms with E-state index in [1.807, 2.05) is 50.2 Å². The number of fused-ring (bicyclic) bond motifs is 9. The van der Waals surface area contributed by atoms with Crippen molar-refractivity contribution in [2.75, 3.05) is 0 Å². The Bertz CT molecular complexity index is 1470. The largest absolute Gasteiger partial charge is 0.434 e. The first kappa shape index (κ1) is 21.7. The smallest absolute Gasteiger partial charge is 0.387 e. The Morgan fingerprint density at radius 1 is 1.11 bits per heavy atom. The van der Waals surface area contributed by atoms with Gasteiger partial charge in [-0.05, 0) is 61.2 Å². The number of nitrogens with zero attached hydrogens (tertiary/aromatic N) is 2. The second kappa shape index (κ2) is 7.61. The number of rotatable bonds is 4. The van der Waals surface area contributed by atoms with Crippen LogP contribution >= 0.6 is 0 Å². The van der Waals surface area contributed by atoms with Crippen LogP contribution in [0.2, 0.25) is 0 Å². The number of amides is 1. The first-order chi connectivity index (χ1) is 16.7. The van der Waals surface area contributed by atoms with Crippen molar-refractivity contribution in [1.29, 1.82) is 0 Å². The average Bonchev–Trinajstić information content (AvgIpc) is 3.30. The molecule has 0 radical (unpaired) electrons. The zero-order valence-corrected chi connectivity index (χ0v) is 19.3. The van der Waals surface area contributed by atoms with Crippen molar-refractivity contribution in [2.24, 2.45) is 5.73 Å². The van der Waals surface area contributed by atoms with Crippen LogP contribution in [0.3, 0.4) is 0 Å². The van der Waals surface area contributed by atoms with Gasteiger partial charge in [0.05, 0.1) is 23.1 Å². The van der Waals surface area contributed by atoms with Crippen LogP contribution in [0.15, 0.2) is 60.7 Å². The summed E-state index contributed by atoms with van der Waals surface area (Å²) in [4.78, 5) is 17.7. The summed E-state index contributed by atoms with van der Waals surface area (Å²) in [5, 5.41) is 3.01. The fourth-order valence-electron chi connectivity index (χ4n) is 5.28. The van der Waals surface area contributed by atoms with E-state index in [0.29, 0.717) is 23.4 Å². The normalized spacial score (nSPS) is 18.9. The van der Waals surface area contributed by atoms with Crippen LogP contribution in [0.1, 0.15) is 59.7 Å². The highest BCUT2D eigenvalue weighted by Gasteiger charge is 2.42. The topological polar surface area (TPSA) is 82.2 Å². The molecule has 0 fully saturated rings. The monoisotopic (exact) mass is 474 g/mol. The minimum atomic E-state index is -2.99. The second-order valence-electron chi connectivity index (χ2n) is 9.72. The number of alkyl halides is 2. The fraction of sp³-hybridized carbons (Fsp3) is 0.259. The lowest BCUT2D eigenvalue weighted by Gasteiger charge is -2.21. The van der Waals surface area contributed by atoms with Crippen LogP contribution in [0.25, 0.3) is 22.2 Å². The number of hydrogen-bond donors (Lipinski definition) is 2. The molecule has 0 saturated heterocycles. The van der Waals surface area contributed by atoms with Crippen LogP contribution in [-0.2, 0) is 5.54 Å². The third kappa shape index (κ3) is 3.47. The fourth-order valence-corrected chi connectivity index (χ4v) is 5.28. The predicted molar refractivity (Wildman–Crippen MR) is 128 cm³/mol. The lowest BCUT2D eigenvalue weighted by atomic mass is 9.93. The number of nitrogens with two attached hydrogens (primary N) is 1. The number of halogens is 2. The summed E-state index contributed by atoms with van der Waals surface area (Å²) in [6.45, 7) is 0.941. The van der Waals surface area contributed by atoms with Gasteiger partial charge in [0.15, 0.2) is 0 Å². The highest BCUT2D eigenvalue weighted by molar-refractivity contribution is 5.98. The molecule has 4 aromatic rings. The molecule has 1 unspecified atom stereocenters. The Labute approximate surface area is 200 Å². The molecule has 2 aliphatic heterocycles. The molecule has 1 aromatic heterocycles. The lowest BCUT2D eigenvalue weighted by molar-refractivity contribution is -0.0507. The standard InChI is InChI=1S/C27H24F2N4O2/c1-27(2,30)16-9-6-14(7-10-16)15-8-11-18-20(12-15)33-21-13-19(24(33)31-18)32-25(34)17-4-3-5-22(23(17)21)35-26(28)29/h3-12,19,21,26H,13,30H2,1-2H3,(H,32,34)/t19-,21?/m1/s1. The molecule has 6 rings (SSSR count). The van der Waals surface area contributed by atoms with Gasteiger partial charge in [-0.2, -0.15) is 8.78 Å². The maximum atomic E-state index is 13.2. The summed E-state index contributed by atoms with van der Waals surface area (Å²) in [7, 11) is 0. The van der Waals surface area contributed by atoms with Gasteiger partial charge in [0, 0.05) is 16.7 Å². The zero-order valence-electron chi connectivity index (χ0n) is 19.3. The van der Waals surface area contributed by atoms with Gasteiger partial charge in [0.25, 0.3) is 5.91 Å². The number of carbonyl (C=O) groups is 1. The number of hydrogen-bond acceptors (Lipinski definition) is 4. The van der Waals surface area contributed by atoms with Crippen LogP contribution in [0, 0.1) is 0 Å². The molecule has 2 atom stereocenters. The van der Waals surface area contributed by atoms with Gasteiger partial charge >= 0.3 is 6.61 Å². The van der Waals surface area contributed by atoms with Gasteiger partial charge in [-0.25, -0.2) is 4.98 Å². The molecule has 6 nitrogen and oxygen atoms in total. The zero-order chi connectivity index (χ0) is 24.5. The number of imidazole rings is 1.